The maximum atomic E-state index is 13.3. The van der Waals surface area contributed by atoms with E-state index in [1.165, 1.54) is 11.3 Å². The summed E-state index contributed by atoms with van der Waals surface area (Å²) in [7, 11) is 7.06. The van der Waals surface area contributed by atoms with Gasteiger partial charge >= 0.3 is 0 Å². The van der Waals surface area contributed by atoms with E-state index in [1.807, 2.05) is 25.1 Å². The number of nitrogens with zero attached hydrogens (tertiary/aromatic N) is 3. The lowest BCUT2D eigenvalue weighted by Crippen LogP contribution is -2.36. The number of aromatic nitrogens is 1. The molecule has 1 aromatic heterocycles. The molecule has 0 spiro atoms. The predicted molar refractivity (Wildman–Crippen MR) is 119 cm³/mol. The number of hydrogen-bond donors (Lipinski definition) is 0. The number of amides is 1. The molecule has 0 aliphatic rings. The fraction of sp³-hybridized carbons (Fsp3) is 0.300. The number of thiazole rings is 1. The molecule has 0 bridgehead atoms. The highest BCUT2D eigenvalue weighted by Gasteiger charge is 2.24. The molecule has 0 atom stereocenters. The van der Waals surface area contributed by atoms with Gasteiger partial charge in [-0.3, -0.25) is 9.69 Å². The number of carbonyl (C=O) groups excluding carboxylic acids is 1. The topological polar surface area (TPSA) is 54.9 Å². The maximum absolute atomic E-state index is 13.3. The normalized spacial score (nSPS) is 11.1. The van der Waals surface area contributed by atoms with Gasteiger partial charge in [0.15, 0.2) is 16.6 Å². The number of halogens is 2. The van der Waals surface area contributed by atoms with E-state index in [0.717, 1.165) is 10.2 Å². The summed E-state index contributed by atoms with van der Waals surface area (Å²) < 4.78 is 11.6. The van der Waals surface area contributed by atoms with Crippen LogP contribution in [0.3, 0.4) is 0 Å². The van der Waals surface area contributed by atoms with Gasteiger partial charge in [-0.2, -0.15) is 0 Å². The predicted octanol–water partition coefficient (Wildman–Crippen LogP) is 4.83. The third kappa shape index (κ3) is 4.75. The highest BCUT2D eigenvalue weighted by Crippen LogP contribution is 2.38. The standard InChI is InChI=1S/C20H21Cl2N3O3S/c1-24(2)7-8-25(19(26)13-6-5-12(21)9-14(13)22)20-23-15-10-16(27-3)17(28-4)11-18(15)29-20/h5-6,9-11H,7-8H2,1-4H3. The Hall–Kier alpha value is -2.06. The molecule has 3 aromatic rings. The minimum Gasteiger partial charge on any atom is -0.493 e. The van der Waals surface area contributed by atoms with Crippen molar-refractivity contribution in [2.45, 2.75) is 0 Å². The quantitative estimate of drug-likeness (QED) is 0.512. The Morgan fingerprint density at radius 2 is 1.76 bits per heavy atom. The molecular weight excluding hydrogens is 433 g/mol. The second-order valence-corrected chi connectivity index (χ2v) is 8.41. The Bertz CT molecular complexity index is 998. The van der Waals surface area contributed by atoms with Crippen molar-refractivity contribution in [3.8, 4) is 11.5 Å². The van der Waals surface area contributed by atoms with Crippen molar-refractivity contribution < 1.29 is 14.3 Å². The summed E-state index contributed by atoms with van der Waals surface area (Å²) in [4.78, 5) is 21.6. The van der Waals surface area contributed by atoms with Crippen molar-refractivity contribution in [3.63, 3.8) is 0 Å². The average molecular weight is 454 g/mol. The number of hydrogen-bond acceptors (Lipinski definition) is 6. The minimum atomic E-state index is -0.230. The molecular formula is C20H21Cl2N3O3S. The number of fused-ring (bicyclic) bond motifs is 1. The summed E-state index contributed by atoms with van der Waals surface area (Å²) in [5.41, 5.74) is 1.11. The summed E-state index contributed by atoms with van der Waals surface area (Å²) in [5, 5.41) is 1.36. The molecule has 3 rings (SSSR count). The number of rotatable bonds is 7. The highest BCUT2D eigenvalue weighted by atomic mass is 35.5. The second kappa shape index (κ2) is 9.17. The van der Waals surface area contributed by atoms with Crippen LogP contribution < -0.4 is 14.4 Å². The van der Waals surface area contributed by atoms with Crippen LogP contribution in [0.15, 0.2) is 30.3 Å². The van der Waals surface area contributed by atoms with Gasteiger partial charge < -0.3 is 14.4 Å². The summed E-state index contributed by atoms with van der Waals surface area (Å²) in [6.45, 7) is 1.12. The number of likely N-dealkylation sites (N-methyl/N-ethyl adjacent to an activating group) is 1. The molecule has 9 heteroatoms. The van der Waals surface area contributed by atoms with Crippen LogP contribution in [-0.4, -0.2) is 57.2 Å². The van der Waals surface area contributed by atoms with E-state index in [-0.39, 0.29) is 5.91 Å². The summed E-state index contributed by atoms with van der Waals surface area (Å²) >= 11 is 13.7. The van der Waals surface area contributed by atoms with Crippen LogP contribution in [0.25, 0.3) is 10.2 Å². The molecule has 0 unspecified atom stereocenters. The smallest absolute Gasteiger partial charge is 0.261 e. The van der Waals surface area contributed by atoms with E-state index in [2.05, 4.69) is 4.98 Å². The first-order valence-electron chi connectivity index (χ1n) is 8.78. The van der Waals surface area contributed by atoms with E-state index >= 15 is 0 Å². The Morgan fingerprint density at radius 1 is 1.07 bits per heavy atom. The van der Waals surface area contributed by atoms with Crippen molar-refractivity contribution in [1.29, 1.82) is 0 Å². The molecule has 0 saturated heterocycles. The average Bonchev–Trinajstić information content (AvgIpc) is 3.08. The number of methoxy groups -OCH3 is 2. The van der Waals surface area contributed by atoms with Crippen LogP contribution in [-0.2, 0) is 0 Å². The van der Waals surface area contributed by atoms with E-state index < -0.39 is 0 Å². The third-order valence-corrected chi connectivity index (χ3v) is 5.88. The SMILES string of the molecule is COc1cc2nc(N(CCN(C)C)C(=O)c3ccc(Cl)cc3Cl)sc2cc1OC. The number of benzene rings is 2. The number of anilines is 1. The van der Waals surface area contributed by atoms with Crippen molar-refractivity contribution in [2.75, 3.05) is 46.3 Å². The van der Waals surface area contributed by atoms with Crippen LogP contribution in [0, 0.1) is 0 Å². The first-order chi connectivity index (χ1) is 13.8. The van der Waals surface area contributed by atoms with Gasteiger partial charge in [-0.25, -0.2) is 4.98 Å². The Labute approximate surface area is 183 Å². The summed E-state index contributed by atoms with van der Waals surface area (Å²) in [6.07, 6.45) is 0. The van der Waals surface area contributed by atoms with Gasteiger partial charge in [0.1, 0.15) is 0 Å². The van der Waals surface area contributed by atoms with Gasteiger partial charge in [-0.15, -0.1) is 0 Å². The van der Waals surface area contributed by atoms with E-state index in [4.69, 9.17) is 32.7 Å². The monoisotopic (exact) mass is 453 g/mol. The molecule has 0 aliphatic carbocycles. The molecule has 0 aliphatic heterocycles. The Kier molecular flexibility index (Phi) is 6.85. The number of ether oxygens (including phenoxy) is 2. The second-order valence-electron chi connectivity index (χ2n) is 6.56. The lowest BCUT2D eigenvalue weighted by atomic mass is 10.2. The van der Waals surface area contributed by atoms with Gasteiger partial charge in [-0.05, 0) is 32.3 Å². The van der Waals surface area contributed by atoms with E-state index in [9.17, 15) is 4.79 Å². The highest BCUT2D eigenvalue weighted by molar-refractivity contribution is 7.22. The molecule has 6 nitrogen and oxygen atoms in total. The van der Waals surface area contributed by atoms with Crippen molar-refractivity contribution in [1.82, 2.24) is 9.88 Å². The lowest BCUT2D eigenvalue weighted by molar-refractivity contribution is 0.0985. The van der Waals surface area contributed by atoms with E-state index in [0.29, 0.717) is 45.3 Å². The zero-order chi connectivity index (χ0) is 21.1. The molecule has 154 valence electrons. The third-order valence-electron chi connectivity index (χ3n) is 4.29. The molecule has 29 heavy (non-hydrogen) atoms. The Morgan fingerprint density at radius 3 is 2.38 bits per heavy atom. The van der Waals surface area contributed by atoms with Gasteiger partial charge in [0.25, 0.3) is 5.91 Å². The first kappa shape index (κ1) is 21.6. The molecule has 0 N–H and O–H groups in total. The largest absolute Gasteiger partial charge is 0.493 e. The van der Waals surface area contributed by atoms with Gasteiger partial charge in [0, 0.05) is 30.2 Å². The molecule has 1 heterocycles. The Balaban J connectivity index is 2.05. The van der Waals surface area contributed by atoms with Crippen molar-refractivity contribution >= 4 is 55.8 Å². The fourth-order valence-corrected chi connectivity index (χ4v) is 4.24. The zero-order valence-electron chi connectivity index (χ0n) is 16.5. The van der Waals surface area contributed by atoms with Crippen molar-refractivity contribution in [2.24, 2.45) is 0 Å². The maximum Gasteiger partial charge on any atom is 0.261 e. The molecule has 0 saturated carbocycles. The zero-order valence-corrected chi connectivity index (χ0v) is 18.9. The lowest BCUT2D eigenvalue weighted by Gasteiger charge is -2.22. The van der Waals surface area contributed by atoms with Crippen molar-refractivity contribution in [3.05, 3.63) is 45.9 Å². The van der Waals surface area contributed by atoms with Crippen LogP contribution in [0.1, 0.15) is 10.4 Å². The molecule has 2 aromatic carbocycles. The summed E-state index contributed by atoms with van der Waals surface area (Å²) in [6, 6.07) is 8.51. The first-order valence-corrected chi connectivity index (χ1v) is 10.4. The van der Waals surface area contributed by atoms with Gasteiger partial charge in [-0.1, -0.05) is 34.5 Å². The summed E-state index contributed by atoms with van der Waals surface area (Å²) in [5.74, 6) is 0.970. The van der Waals surface area contributed by atoms with Crippen LogP contribution >= 0.6 is 34.5 Å². The van der Waals surface area contributed by atoms with Gasteiger partial charge in [0.2, 0.25) is 0 Å². The van der Waals surface area contributed by atoms with E-state index in [1.54, 1.807) is 43.4 Å². The minimum absolute atomic E-state index is 0.230. The van der Waals surface area contributed by atoms with Crippen LogP contribution in [0.5, 0.6) is 11.5 Å². The molecule has 1 amide bonds. The van der Waals surface area contributed by atoms with Crippen LogP contribution in [0.2, 0.25) is 10.0 Å². The molecule has 0 radical (unpaired) electrons. The van der Waals surface area contributed by atoms with Crippen LogP contribution in [0.4, 0.5) is 5.13 Å². The number of carbonyl (C=O) groups is 1. The fourth-order valence-electron chi connectivity index (χ4n) is 2.75. The van der Waals surface area contributed by atoms with Gasteiger partial charge in [0.05, 0.1) is 35.0 Å². The molecule has 0 fully saturated rings.